The first-order valence-electron chi connectivity index (χ1n) is 6.63. The lowest BCUT2D eigenvalue weighted by molar-refractivity contribution is -0.154. The van der Waals surface area contributed by atoms with E-state index in [0.717, 1.165) is 12.0 Å². The molecule has 19 heavy (non-hydrogen) atoms. The summed E-state index contributed by atoms with van der Waals surface area (Å²) in [5.41, 5.74) is 0.374. The molecule has 2 rings (SSSR count). The SMILES string of the molecule is COC1CC(C)OC1(CO)COCc1ccccc1. The van der Waals surface area contributed by atoms with Gasteiger partial charge in [0.05, 0.1) is 32.0 Å². The molecule has 1 aliphatic heterocycles. The predicted molar refractivity (Wildman–Crippen MR) is 71.9 cm³/mol. The first-order valence-corrected chi connectivity index (χ1v) is 6.63. The average molecular weight is 266 g/mol. The molecule has 4 nitrogen and oxygen atoms in total. The van der Waals surface area contributed by atoms with Crippen molar-refractivity contribution in [1.82, 2.24) is 0 Å². The fourth-order valence-electron chi connectivity index (χ4n) is 2.58. The Hall–Kier alpha value is -0.940. The highest BCUT2D eigenvalue weighted by atomic mass is 16.6. The van der Waals surface area contributed by atoms with E-state index in [4.69, 9.17) is 14.2 Å². The van der Waals surface area contributed by atoms with Gasteiger partial charge in [-0.2, -0.15) is 0 Å². The third-order valence-corrected chi connectivity index (χ3v) is 3.58. The highest BCUT2D eigenvalue weighted by molar-refractivity contribution is 5.13. The Labute approximate surface area is 114 Å². The van der Waals surface area contributed by atoms with Gasteiger partial charge >= 0.3 is 0 Å². The van der Waals surface area contributed by atoms with Crippen LogP contribution in [0.1, 0.15) is 18.9 Å². The predicted octanol–water partition coefficient (Wildman–Crippen LogP) is 1.76. The van der Waals surface area contributed by atoms with Crippen LogP contribution < -0.4 is 0 Å². The van der Waals surface area contributed by atoms with Crippen molar-refractivity contribution >= 4 is 0 Å². The minimum atomic E-state index is -0.733. The Balaban J connectivity index is 1.92. The van der Waals surface area contributed by atoms with Gasteiger partial charge in [0.25, 0.3) is 0 Å². The monoisotopic (exact) mass is 266 g/mol. The van der Waals surface area contributed by atoms with Gasteiger partial charge in [-0.05, 0) is 12.5 Å². The van der Waals surface area contributed by atoms with Crippen molar-refractivity contribution in [2.24, 2.45) is 0 Å². The number of ether oxygens (including phenoxy) is 3. The van der Waals surface area contributed by atoms with E-state index in [1.807, 2.05) is 37.3 Å². The van der Waals surface area contributed by atoms with E-state index in [-0.39, 0.29) is 18.8 Å². The zero-order chi connectivity index (χ0) is 13.7. The minimum absolute atomic E-state index is 0.0809. The molecule has 1 aromatic carbocycles. The normalized spacial score (nSPS) is 30.7. The van der Waals surface area contributed by atoms with Crippen LogP contribution in [0.25, 0.3) is 0 Å². The second-order valence-corrected chi connectivity index (χ2v) is 5.09. The number of benzene rings is 1. The molecule has 0 bridgehead atoms. The van der Waals surface area contributed by atoms with Gasteiger partial charge in [0.2, 0.25) is 0 Å². The summed E-state index contributed by atoms with van der Waals surface area (Å²) in [6.07, 6.45) is 0.742. The van der Waals surface area contributed by atoms with Crippen molar-refractivity contribution in [3.63, 3.8) is 0 Å². The summed E-state index contributed by atoms with van der Waals surface area (Å²) in [4.78, 5) is 0. The van der Waals surface area contributed by atoms with Crippen LogP contribution in [0.2, 0.25) is 0 Å². The Kier molecular flexibility index (Phi) is 4.93. The number of hydrogen-bond donors (Lipinski definition) is 1. The van der Waals surface area contributed by atoms with Crippen LogP contribution in [-0.2, 0) is 20.8 Å². The highest BCUT2D eigenvalue weighted by Crippen LogP contribution is 2.33. The maximum Gasteiger partial charge on any atom is 0.141 e. The van der Waals surface area contributed by atoms with E-state index in [2.05, 4.69) is 0 Å². The maximum atomic E-state index is 9.65. The van der Waals surface area contributed by atoms with Gasteiger partial charge < -0.3 is 19.3 Å². The molecule has 1 saturated heterocycles. The number of methoxy groups -OCH3 is 1. The molecule has 0 aromatic heterocycles. The van der Waals surface area contributed by atoms with Crippen molar-refractivity contribution in [3.05, 3.63) is 35.9 Å². The Morgan fingerprint density at radius 1 is 1.37 bits per heavy atom. The van der Waals surface area contributed by atoms with E-state index in [1.165, 1.54) is 0 Å². The van der Waals surface area contributed by atoms with E-state index in [9.17, 15) is 5.11 Å². The van der Waals surface area contributed by atoms with E-state index in [1.54, 1.807) is 7.11 Å². The largest absolute Gasteiger partial charge is 0.393 e. The number of hydrogen-bond acceptors (Lipinski definition) is 4. The quantitative estimate of drug-likeness (QED) is 0.852. The van der Waals surface area contributed by atoms with Crippen molar-refractivity contribution in [2.75, 3.05) is 20.3 Å². The van der Waals surface area contributed by atoms with Gasteiger partial charge in [-0.1, -0.05) is 30.3 Å². The Bertz CT molecular complexity index is 381. The van der Waals surface area contributed by atoms with Crippen LogP contribution >= 0.6 is 0 Å². The summed E-state index contributed by atoms with van der Waals surface area (Å²) in [7, 11) is 1.65. The Morgan fingerprint density at radius 3 is 2.74 bits per heavy atom. The van der Waals surface area contributed by atoms with E-state index in [0.29, 0.717) is 13.2 Å². The van der Waals surface area contributed by atoms with Gasteiger partial charge in [0.1, 0.15) is 5.60 Å². The van der Waals surface area contributed by atoms with E-state index >= 15 is 0 Å². The molecule has 1 aromatic rings. The van der Waals surface area contributed by atoms with Gasteiger partial charge in [-0.15, -0.1) is 0 Å². The van der Waals surface area contributed by atoms with Crippen LogP contribution in [0.3, 0.4) is 0 Å². The lowest BCUT2D eigenvalue weighted by Crippen LogP contribution is -2.48. The summed E-state index contributed by atoms with van der Waals surface area (Å²) in [6.45, 7) is 2.74. The second-order valence-electron chi connectivity index (χ2n) is 5.09. The third-order valence-electron chi connectivity index (χ3n) is 3.58. The zero-order valence-electron chi connectivity index (χ0n) is 11.5. The fraction of sp³-hybridized carbons (Fsp3) is 0.600. The van der Waals surface area contributed by atoms with Gasteiger partial charge in [0.15, 0.2) is 0 Å². The first-order chi connectivity index (χ1) is 9.20. The molecule has 1 fully saturated rings. The first kappa shape index (κ1) is 14.5. The van der Waals surface area contributed by atoms with Gasteiger partial charge in [0, 0.05) is 13.5 Å². The molecule has 0 amide bonds. The van der Waals surface area contributed by atoms with Crippen LogP contribution in [0.15, 0.2) is 30.3 Å². The molecular formula is C15H22O4. The summed E-state index contributed by atoms with van der Waals surface area (Å²) in [6, 6.07) is 9.95. The molecule has 3 atom stereocenters. The smallest absolute Gasteiger partial charge is 0.141 e. The summed E-state index contributed by atoms with van der Waals surface area (Å²) in [5, 5.41) is 9.65. The van der Waals surface area contributed by atoms with Crippen molar-refractivity contribution in [1.29, 1.82) is 0 Å². The Morgan fingerprint density at radius 2 is 2.11 bits per heavy atom. The highest BCUT2D eigenvalue weighted by Gasteiger charge is 2.47. The van der Waals surface area contributed by atoms with E-state index < -0.39 is 5.60 Å². The van der Waals surface area contributed by atoms with Crippen molar-refractivity contribution < 1.29 is 19.3 Å². The lowest BCUT2D eigenvalue weighted by atomic mass is 9.98. The summed E-state index contributed by atoms with van der Waals surface area (Å²) in [5.74, 6) is 0. The van der Waals surface area contributed by atoms with Crippen molar-refractivity contribution in [2.45, 2.75) is 37.8 Å². The van der Waals surface area contributed by atoms with Gasteiger partial charge in [-0.3, -0.25) is 0 Å². The molecule has 1 N–H and O–H groups in total. The zero-order valence-corrected chi connectivity index (χ0v) is 11.5. The lowest BCUT2D eigenvalue weighted by Gasteiger charge is -2.31. The molecule has 4 heteroatoms. The molecule has 0 aliphatic carbocycles. The summed E-state index contributed by atoms with van der Waals surface area (Å²) >= 11 is 0. The molecule has 1 heterocycles. The molecule has 106 valence electrons. The summed E-state index contributed by atoms with van der Waals surface area (Å²) < 4.78 is 17.0. The number of aliphatic hydroxyl groups excluding tert-OH is 1. The van der Waals surface area contributed by atoms with Crippen molar-refractivity contribution in [3.8, 4) is 0 Å². The molecule has 3 unspecified atom stereocenters. The average Bonchev–Trinajstić information content (AvgIpc) is 2.77. The standard InChI is InChI=1S/C15H22O4/c1-12-8-14(17-2)15(10-16,19-12)11-18-9-13-6-4-3-5-7-13/h3-7,12,14,16H,8-11H2,1-2H3. The fourth-order valence-corrected chi connectivity index (χ4v) is 2.58. The second kappa shape index (κ2) is 6.48. The molecular weight excluding hydrogens is 244 g/mol. The van der Waals surface area contributed by atoms with Crippen LogP contribution in [0.4, 0.5) is 0 Å². The molecule has 0 saturated carbocycles. The van der Waals surface area contributed by atoms with Crippen LogP contribution in [0, 0.1) is 0 Å². The molecule has 0 radical (unpaired) electrons. The minimum Gasteiger partial charge on any atom is -0.393 e. The number of aliphatic hydroxyl groups is 1. The molecule has 0 spiro atoms. The third kappa shape index (κ3) is 3.34. The maximum absolute atomic E-state index is 9.65. The number of rotatable bonds is 6. The van der Waals surface area contributed by atoms with Gasteiger partial charge in [-0.25, -0.2) is 0 Å². The van der Waals surface area contributed by atoms with Crippen LogP contribution in [-0.4, -0.2) is 43.2 Å². The molecule has 1 aliphatic rings. The topological polar surface area (TPSA) is 47.9 Å². The van der Waals surface area contributed by atoms with Crippen LogP contribution in [0.5, 0.6) is 0 Å².